The Morgan fingerprint density at radius 2 is 1.71 bits per heavy atom. The summed E-state index contributed by atoms with van der Waals surface area (Å²) in [7, 11) is 0. The van der Waals surface area contributed by atoms with Crippen molar-refractivity contribution in [1.29, 1.82) is 0 Å². The molecule has 0 aliphatic heterocycles. The van der Waals surface area contributed by atoms with Crippen molar-refractivity contribution in [2.45, 2.75) is 40.3 Å². The van der Waals surface area contributed by atoms with Gasteiger partial charge in [-0.3, -0.25) is 0 Å². The average Bonchev–Trinajstić information content (AvgIpc) is 2.14. The minimum Gasteiger partial charge on any atom is -0.508 e. The molecule has 1 rings (SSSR count). The van der Waals surface area contributed by atoms with E-state index < -0.39 is 12.1 Å². The Bertz CT molecular complexity index is 348. The molecule has 0 fully saturated rings. The van der Waals surface area contributed by atoms with Crippen molar-refractivity contribution < 1.29 is 18.3 Å². The fourth-order valence-electron chi connectivity index (χ4n) is 2.06. The molecule has 1 aliphatic carbocycles. The van der Waals surface area contributed by atoms with Crippen molar-refractivity contribution >= 4 is 0 Å². The van der Waals surface area contributed by atoms with Gasteiger partial charge in [-0.2, -0.15) is 13.2 Å². The van der Waals surface area contributed by atoms with Gasteiger partial charge in [-0.1, -0.05) is 33.8 Å². The second-order valence-electron chi connectivity index (χ2n) is 5.16. The highest BCUT2D eigenvalue weighted by Gasteiger charge is 2.41. The molecule has 0 heterocycles. The van der Waals surface area contributed by atoms with Gasteiger partial charge in [-0.05, 0) is 29.4 Å². The van der Waals surface area contributed by atoms with Crippen LogP contribution < -0.4 is 0 Å². The fourth-order valence-corrected chi connectivity index (χ4v) is 2.06. The van der Waals surface area contributed by atoms with Gasteiger partial charge in [0, 0.05) is 0 Å². The first kappa shape index (κ1) is 14.1. The van der Waals surface area contributed by atoms with E-state index in [1.165, 1.54) is 6.08 Å². The Kier molecular flexibility index (Phi) is 3.95. The monoisotopic (exact) mass is 248 g/mol. The molecular weight excluding hydrogens is 229 g/mol. The molecule has 4 heteroatoms. The lowest BCUT2D eigenvalue weighted by Crippen LogP contribution is -2.27. The lowest BCUT2D eigenvalue weighted by atomic mass is 9.80. The van der Waals surface area contributed by atoms with Crippen molar-refractivity contribution in [3.63, 3.8) is 0 Å². The van der Waals surface area contributed by atoms with Crippen LogP contribution in [-0.4, -0.2) is 11.3 Å². The van der Waals surface area contributed by atoms with Crippen LogP contribution in [0.3, 0.4) is 0 Å². The van der Waals surface area contributed by atoms with Gasteiger partial charge in [-0.25, -0.2) is 0 Å². The molecule has 98 valence electrons. The SMILES string of the molecule is CC(C)C1=CC(C(F)(F)F)CC(C(C)C)=C1O. The topological polar surface area (TPSA) is 20.2 Å². The smallest absolute Gasteiger partial charge is 0.395 e. The third kappa shape index (κ3) is 3.05. The number of hydrogen-bond acceptors (Lipinski definition) is 1. The van der Waals surface area contributed by atoms with Crippen molar-refractivity contribution in [3.05, 3.63) is 23.0 Å². The molecule has 0 bridgehead atoms. The highest BCUT2D eigenvalue weighted by atomic mass is 19.4. The van der Waals surface area contributed by atoms with Gasteiger partial charge < -0.3 is 5.11 Å². The summed E-state index contributed by atoms with van der Waals surface area (Å²) in [5.74, 6) is -1.57. The first-order chi connectivity index (χ1) is 7.64. The van der Waals surface area contributed by atoms with Gasteiger partial charge in [0.25, 0.3) is 0 Å². The molecular formula is C13H19F3O. The second kappa shape index (κ2) is 4.75. The van der Waals surface area contributed by atoms with Gasteiger partial charge in [-0.15, -0.1) is 0 Å². The maximum atomic E-state index is 12.8. The van der Waals surface area contributed by atoms with Gasteiger partial charge in [0.2, 0.25) is 0 Å². The predicted octanol–water partition coefficient (Wildman–Crippen LogP) is 4.62. The largest absolute Gasteiger partial charge is 0.508 e. The summed E-state index contributed by atoms with van der Waals surface area (Å²) in [6.45, 7) is 7.20. The summed E-state index contributed by atoms with van der Waals surface area (Å²) in [5, 5.41) is 10.00. The molecule has 1 atom stereocenters. The Balaban J connectivity index is 3.18. The van der Waals surface area contributed by atoms with E-state index in [2.05, 4.69) is 0 Å². The molecule has 1 N–H and O–H groups in total. The number of aliphatic hydroxyl groups is 1. The molecule has 1 aliphatic rings. The summed E-state index contributed by atoms with van der Waals surface area (Å²) in [4.78, 5) is 0. The molecule has 0 saturated heterocycles. The third-order valence-corrected chi connectivity index (χ3v) is 3.14. The molecule has 0 aromatic heterocycles. The number of halogens is 3. The van der Waals surface area contributed by atoms with Crippen LogP contribution in [0.5, 0.6) is 0 Å². The molecule has 0 aromatic carbocycles. The Morgan fingerprint density at radius 3 is 2.06 bits per heavy atom. The zero-order chi connectivity index (χ0) is 13.4. The minimum absolute atomic E-state index is 0.0653. The number of aliphatic hydroxyl groups excluding tert-OH is 1. The summed E-state index contributed by atoms with van der Waals surface area (Å²) >= 11 is 0. The maximum absolute atomic E-state index is 12.8. The molecule has 0 radical (unpaired) electrons. The van der Waals surface area contributed by atoms with Gasteiger partial charge in [0.15, 0.2) is 0 Å². The molecule has 0 saturated carbocycles. The van der Waals surface area contributed by atoms with Crippen LogP contribution in [0.15, 0.2) is 23.0 Å². The van der Waals surface area contributed by atoms with Crippen LogP contribution in [0.2, 0.25) is 0 Å². The Labute approximate surface area is 100 Å². The lowest BCUT2D eigenvalue weighted by molar-refractivity contribution is -0.161. The number of alkyl halides is 3. The maximum Gasteiger partial charge on any atom is 0.395 e. The lowest BCUT2D eigenvalue weighted by Gasteiger charge is -2.29. The third-order valence-electron chi connectivity index (χ3n) is 3.14. The summed E-state index contributed by atoms with van der Waals surface area (Å²) < 4.78 is 38.4. The highest BCUT2D eigenvalue weighted by molar-refractivity contribution is 5.37. The van der Waals surface area contributed by atoms with Crippen LogP contribution in [0.4, 0.5) is 13.2 Å². The van der Waals surface area contributed by atoms with E-state index in [4.69, 9.17) is 0 Å². The minimum atomic E-state index is -4.24. The van der Waals surface area contributed by atoms with E-state index in [1.54, 1.807) is 13.8 Å². The average molecular weight is 248 g/mol. The molecule has 1 nitrogen and oxygen atoms in total. The van der Waals surface area contributed by atoms with Gasteiger partial charge >= 0.3 is 6.18 Å². The predicted molar refractivity (Wildman–Crippen MR) is 61.6 cm³/mol. The summed E-state index contributed by atoms with van der Waals surface area (Å²) in [5.41, 5.74) is 0.931. The Morgan fingerprint density at radius 1 is 1.18 bits per heavy atom. The molecule has 0 aromatic rings. The number of hydrogen-bond donors (Lipinski definition) is 1. The van der Waals surface area contributed by atoms with E-state index in [0.29, 0.717) is 11.1 Å². The van der Waals surface area contributed by atoms with Crippen LogP contribution >= 0.6 is 0 Å². The molecule has 0 spiro atoms. The summed E-state index contributed by atoms with van der Waals surface area (Å²) in [6, 6.07) is 0. The number of allylic oxidation sites excluding steroid dienone is 3. The van der Waals surface area contributed by atoms with Crippen molar-refractivity contribution in [3.8, 4) is 0 Å². The van der Waals surface area contributed by atoms with Crippen molar-refractivity contribution in [2.24, 2.45) is 17.8 Å². The highest BCUT2D eigenvalue weighted by Crippen LogP contribution is 2.41. The van der Waals surface area contributed by atoms with E-state index >= 15 is 0 Å². The fraction of sp³-hybridized carbons (Fsp3) is 0.692. The number of rotatable bonds is 2. The normalized spacial score (nSPS) is 22.4. The van der Waals surface area contributed by atoms with Gasteiger partial charge in [0.05, 0.1) is 5.92 Å². The van der Waals surface area contributed by atoms with E-state index in [1.807, 2.05) is 13.8 Å². The van der Waals surface area contributed by atoms with Gasteiger partial charge in [0.1, 0.15) is 5.76 Å². The van der Waals surface area contributed by atoms with Crippen LogP contribution in [-0.2, 0) is 0 Å². The molecule has 0 amide bonds. The standard InChI is InChI=1S/C13H19F3O/c1-7(2)10-5-9(13(14,15)16)6-11(8(3)4)12(10)17/h5,7-9,17H,6H2,1-4H3. The Hall–Kier alpha value is -0.930. The first-order valence-corrected chi connectivity index (χ1v) is 5.85. The molecule has 17 heavy (non-hydrogen) atoms. The first-order valence-electron chi connectivity index (χ1n) is 5.85. The van der Waals surface area contributed by atoms with Crippen LogP contribution in [0.25, 0.3) is 0 Å². The second-order valence-corrected chi connectivity index (χ2v) is 5.16. The van der Waals surface area contributed by atoms with Crippen molar-refractivity contribution in [2.75, 3.05) is 0 Å². The zero-order valence-electron chi connectivity index (χ0n) is 10.6. The van der Waals surface area contributed by atoms with E-state index in [-0.39, 0.29) is 24.0 Å². The van der Waals surface area contributed by atoms with Crippen LogP contribution in [0, 0.1) is 17.8 Å². The summed E-state index contributed by atoms with van der Waals surface area (Å²) in [6.07, 6.45) is -3.18. The molecule has 1 unspecified atom stereocenters. The van der Waals surface area contributed by atoms with E-state index in [0.717, 1.165) is 0 Å². The quantitative estimate of drug-likeness (QED) is 0.756. The zero-order valence-corrected chi connectivity index (χ0v) is 10.6. The van der Waals surface area contributed by atoms with E-state index in [9.17, 15) is 18.3 Å². The van der Waals surface area contributed by atoms with Crippen molar-refractivity contribution in [1.82, 2.24) is 0 Å². The van der Waals surface area contributed by atoms with Crippen LogP contribution in [0.1, 0.15) is 34.1 Å².